The minimum atomic E-state index is -0.626. The predicted molar refractivity (Wildman–Crippen MR) is 120 cm³/mol. The predicted octanol–water partition coefficient (Wildman–Crippen LogP) is 4.71. The van der Waals surface area contributed by atoms with Gasteiger partial charge in [-0.3, -0.25) is 14.9 Å². The van der Waals surface area contributed by atoms with E-state index in [9.17, 15) is 14.9 Å². The number of non-ortho nitro benzene ring substituents is 1. The Morgan fingerprint density at radius 3 is 2.55 bits per heavy atom. The van der Waals surface area contributed by atoms with Gasteiger partial charge in [-0.2, -0.15) is 5.10 Å². The van der Waals surface area contributed by atoms with Crippen molar-refractivity contribution in [2.24, 2.45) is 5.10 Å². The van der Waals surface area contributed by atoms with Crippen LogP contribution in [0.5, 0.6) is 11.5 Å². The summed E-state index contributed by atoms with van der Waals surface area (Å²) in [7, 11) is 1.38. The summed E-state index contributed by atoms with van der Waals surface area (Å²) in [6.07, 6.45) is 1.45. The molecule has 0 aromatic heterocycles. The van der Waals surface area contributed by atoms with Crippen molar-refractivity contribution >= 4 is 33.7 Å². The Morgan fingerprint density at radius 1 is 1.13 bits per heavy atom. The molecule has 0 heterocycles. The maximum atomic E-state index is 12.4. The molecule has 3 aromatic carbocycles. The molecule has 1 N–H and O–H groups in total. The number of nitro groups is 1. The van der Waals surface area contributed by atoms with Gasteiger partial charge in [0.05, 0.1) is 28.3 Å². The summed E-state index contributed by atoms with van der Waals surface area (Å²) >= 11 is 3.46. The first-order chi connectivity index (χ1) is 15.0. The van der Waals surface area contributed by atoms with Crippen LogP contribution in [0.15, 0.2) is 76.3 Å². The lowest BCUT2D eigenvalue weighted by atomic mass is 10.1. The smallest absolute Gasteiger partial charge is 0.275 e. The maximum absolute atomic E-state index is 12.4. The third-order valence-corrected chi connectivity index (χ3v) is 4.83. The minimum absolute atomic E-state index is 0.0136. The summed E-state index contributed by atoms with van der Waals surface area (Å²) < 4.78 is 11.6. The zero-order valence-electron chi connectivity index (χ0n) is 16.4. The Morgan fingerprint density at radius 2 is 1.87 bits per heavy atom. The lowest BCUT2D eigenvalue weighted by Gasteiger charge is -2.09. The molecular formula is C22H18BrN3O5. The fourth-order valence-electron chi connectivity index (χ4n) is 2.66. The molecule has 3 aromatic rings. The van der Waals surface area contributed by atoms with Crippen LogP contribution < -0.4 is 14.9 Å². The fourth-order valence-corrected chi connectivity index (χ4v) is 3.17. The van der Waals surface area contributed by atoms with E-state index in [0.717, 1.165) is 16.1 Å². The zero-order chi connectivity index (χ0) is 22.2. The number of hydrogen-bond donors (Lipinski definition) is 1. The summed E-state index contributed by atoms with van der Waals surface area (Å²) in [6.45, 7) is 0.438. The second-order valence-corrected chi connectivity index (χ2v) is 7.16. The average Bonchev–Trinajstić information content (AvgIpc) is 2.78. The number of nitrogens with one attached hydrogen (secondary N) is 1. The third-order valence-electron chi connectivity index (χ3n) is 4.21. The zero-order valence-corrected chi connectivity index (χ0v) is 18.0. The van der Waals surface area contributed by atoms with Crippen LogP contribution in [0.3, 0.4) is 0 Å². The number of amides is 1. The van der Waals surface area contributed by atoms with Crippen molar-refractivity contribution in [3.05, 3.63) is 98.0 Å². The monoisotopic (exact) mass is 483 g/mol. The summed E-state index contributed by atoms with van der Waals surface area (Å²) in [5, 5.41) is 14.9. The molecule has 9 heteroatoms. The van der Waals surface area contributed by atoms with Crippen LogP contribution in [-0.4, -0.2) is 24.2 Å². The molecule has 31 heavy (non-hydrogen) atoms. The normalized spacial score (nSPS) is 10.6. The van der Waals surface area contributed by atoms with Crippen molar-refractivity contribution in [3.8, 4) is 11.5 Å². The number of carbonyl (C=O) groups excluding carboxylic acids is 1. The molecule has 0 radical (unpaired) electrons. The second kappa shape index (κ2) is 10.4. The summed E-state index contributed by atoms with van der Waals surface area (Å²) in [5.41, 5.74) is 3.91. The lowest BCUT2D eigenvalue weighted by molar-refractivity contribution is -0.384. The first-order valence-electron chi connectivity index (χ1n) is 9.10. The molecule has 8 nitrogen and oxygen atoms in total. The van der Waals surface area contributed by atoms with Crippen LogP contribution in [0.4, 0.5) is 5.69 Å². The third kappa shape index (κ3) is 5.89. The number of methoxy groups -OCH3 is 1. The van der Waals surface area contributed by atoms with Crippen LogP contribution in [0.2, 0.25) is 0 Å². The number of nitro benzene ring substituents is 1. The number of hydrazone groups is 1. The molecular weight excluding hydrogens is 466 g/mol. The Balaban J connectivity index is 1.64. The van der Waals surface area contributed by atoms with E-state index in [0.29, 0.717) is 17.9 Å². The number of carbonyl (C=O) groups is 1. The molecule has 158 valence electrons. The maximum Gasteiger partial charge on any atom is 0.275 e. The van der Waals surface area contributed by atoms with E-state index in [4.69, 9.17) is 9.47 Å². The first kappa shape index (κ1) is 22.0. The minimum Gasteiger partial charge on any atom is -0.496 e. The van der Waals surface area contributed by atoms with Gasteiger partial charge in [0.15, 0.2) is 0 Å². The largest absolute Gasteiger partial charge is 0.496 e. The average molecular weight is 484 g/mol. The molecule has 0 fully saturated rings. The van der Waals surface area contributed by atoms with Gasteiger partial charge in [-0.1, -0.05) is 30.3 Å². The van der Waals surface area contributed by atoms with Crippen molar-refractivity contribution in [1.29, 1.82) is 0 Å². The summed E-state index contributed by atoms with van der Waals surface area (Å²) in [4.78, 5) is 22.7. The first-order valence-corrected chi connectivity index (χ1v) is 9.89. The van der Waals surface area contributed by atoms with Gasteiger partial charge in [0.25, 0.3) is 11.6 Å². The molecule has 0 bridgehead atoms. The Labute approximate surface area is 186 Å². The van der Waals surface area contributed by atoms with E-state index in [2.05, 4.69) is 26.5 Å². The van der Waals surface area contributed by atoms with Crippen LogP contribution in [0.1, 0.15) is 21.5 Å². The van der Waals surface area contributed by atoms with Gasteiger partial charge in [-0.15, -0.1) is 0 Å². The number of ether oxygens (including phenoxy) is 2. The quantitative estimate of drug-likeness (QED) is 0.284. The highest BCUT2D eigenvalue weighted by Gasteiger charge is 2.17. The second-order valence-electron chi connectivity index (χ2n) is 6.30. The Kier molecular flexibility index (Phi) is 7.34. The topological polar surface area (TPSA) is 103 Å². The standard InChI is InChI=1S/C22H18BrN3O5/c1-30-20-10-8-17(26(28)29)12-18(20)22(27)25-24-13-16-7-9-21(19(23)11-16)31-14-15-5-3-2-4-6-15/h2-13H,14H2,1H3,(H,25,27)/b24-13-. The van der Waals surface area contributed by atoms with Crippen LogP contribution >= 0.6 is 15.9 Å². The number of halogens is 1. The molecule has 0 spiro atoms. The van der Waals surface area contributed by atoms with Gasteiger partial charge in [0, 0.05) is 12.1 Å². The highest BCUT2D eigenvalue weighted by atomic mass is 79.9. The van der Waals surface area contributed by atoms with Gasteiger partial charge in [-0.25, -0.2) is 5.43 Å². The molecule has 0 atom stereocenters. The molecule has 0 aliphatic carbocycles. The van der Waals surface area contributed by atoms with E-state index < -0.39 is 10.8 Å². The van der Waals surface area contributed by atoms with Crippen molar-refractivity contribution in [2.45, 2.75) is 6.61 Å². The lowest BCUT2D eigenvalue weighted by Crippen LogP contribution is -2.18. The van der Waals surface area contributed by atoms with Crippen LogP contribution in [0, 0.1) is 10.1 Å². The van der Waals surface area contributed by atoms with Gasteiger partial charge in [0.1, 0.15) is 18.1 Å². The highest BCUT2D eigenvalue weighted by molar-refractivity contribution is 9.10. The number of hydrogen-bond acceptors (Lipinski definition) is 6. The molecule has 1 amide bonds. The number of benzene rings is 3. The summed E-state index contributed by atoms with van der Waals surface area (Å²) in [6, 6.07) is 18.9. The van der Waals surface area contributed by atoms with Crippen molar-refractivity contribution < 1.29 is 19.2 Å². The van der Waals surface area contributed by atoms with Crippen LogP contribution in [-0.2, 0) is 6.61 Å². The van der Waals surface area contributed by atoms with Gasteiger partial charge in [0.2, 0.25) is 0 Å². The van der Waals surface area contributed by atoms with E-state index in [1.165, 1.54) is 25.5 Å². The fraction of sp³-hybridized carbons (Fsp3) is 0.0909. The molecule has 0 aliphatic heterocycles. The van der Waals surface area contributed by atoms with E-state index in [1.54, 1.807) is 18.2 Å². The van der Waals surface area contributed by atoms with Gasteiger partial charge in [-0.05, 0) is 51.3 Å². The van der Waals surface area contributed by atoms with Crippen molar-refractivity contribution in [1.82, 2.24) is 5.43 Å². The van der Waals surface area contributed by atoms with Crippen molar-refractivity contribution in [2.75, 3.05) is 7.11 Å². The van der Waals surface area contributed by atoms with Gasteiger partial charge >= 0.3 is 0 Å². The Bertz CT molecular complexity index is 1120. The SMILES string of the molecule is COc1ccc([N+](=O)[O-])cc1C(=O)N/N=C\c1ccc(OCc2ccccc2)c(Br)c1. The summed E-state index contributed by atoms with van der Waals surface area (Å²) in [5.74, 6) is 0.256. The van der Waals surface area contributed by atoms with E-state index in [1.807, 2.05) is 30.3 Å². The molecule has 0 unspecified atom stereocenters. The van der Waals surface area contributed by atoms with Crippen LogP contribution in [0.25, 0.3) is 0 Å². The van der Waals surface area contributed by atoms with Crippen molar-refractivity contribution in [3.63, 3.8) is 0 Å². The van der Waals surface area contributed by atoms with E-state index >= 15 is 0 Å². The highest BCUT2D eigenvalue weighted by Crippen LogP contribution is 2.26. The number of nitrogens with zero attached hydrogens (tertiary/aromatic N) is 2. The molecule has 0 saturated carbocycles. The molecule has 0 saturated heterocycles. The Hall–Kier alpha value is -3.72. The van der Waals surface area contributed by atoms with E-state index in [-0.39, 0.29) is 17.0 Å². The number of rotatable bonds is 8. The van der Waals surface area contributed by atoms with Gasteiger partial charge < -0.3 is 9.47 Å². The molecule has 0 aliphatic rings. The molecule has 3 rings (SSSR count).